The van der Waals surface area contributed by atoms with Gasteiger partial charge in [-0.15, -0.1) is 0 Å². The third kappa shape index (κ3) is 3.62. The van der Waals surface area contributed by atoms with E-state index in [9.17, 15) is 5.11 Å². The van der Waals surface area contributed by atoms with Gasteiger partial charge in [0.15, 0.2) is 0 Å². The van der Waals surface area contributed by atoms with Gasteiger partial charge in [0.1, 0.15) is 0 Å². The molecular formula is C17H20OS. The summed E-state index contributed by atoms with van der Waals surface area (Å²) in [6.07, 6.45) is 0.407. The first-order chi connectivity index (χ1) is 9.10. The van der Waals surface area contributed by atoms with Gasteiger partial charge in [0, 0.05) is 9.79 Å². The molecule has 0 aliphatic heterocycles. The van der Waals surface area contributed by atoms with Gasteiger partial charge < -0.3 is 5.11 Å². The number of hydrogen-bond acceptors (Lipinski definition) is 2. The van der Waals surface area contributed by atoms with Gasteiger partial charge in [0.25, 0.3) is 0 Å². The van der Waals surface area contributed by atoms with E-state index in [1.54, 1.807) is 11.8 Å². The number of benzene rings is 2. The lowest BCUT2D eigenvalue weighted by Gasteiger charge is -2.09. The Morgan fingerprint density at radius 1 is 0.947 bits per heavy atom. The normalized spacial score (nSPS) is 12.4. The summed E-state index contributed by atoms with van der Waals surface area (Å²) >= 11 is 1.76. The van der Waals surface area contributed by atoms with Gasteiger partial charge in [-0.3, -0.25) is 0 Å². The summed E-state index contributed by atoms with van der Waals surface area (Å²) in [6.45, 7) is 6.26. The van der Waals surface area contributed by atoms with Crippen molar-refractivity contribution in [2.75, 3.05) is 0 Å². The monoisotopic (exact) mass is 272 g/mol. The molecule has 2 aromatic carbocycles. The molecule has 0 saturated carbocycles. The first kappa shape index (κ1) is 14.2. The predicted octanol–water partition coefficient (Wildman–Crippen LogP) is 4.90. The topological polar surface area (TPSA) is 20.2 Å². The molecule has 2 heteroatoms. The molecule has 100 valence electrons. The predicted molar refractivity (Wildman–Crippen MR) is 81.7 cm³/mol. The molecule has 0 saturated heterocycles. The van der Waals surface area contributed by atoms with Crippen LogP contribution in [0.5, 0.6) is 0 Å². The van der Waals surface area contributed by atoms with Crippen LogP contribution in [0.25, 0.3) is 0 Å². The zero-order valence-electron chi connectivity index (χ0n) is 11.7. The average Bonchev–Trinajstić information content (AvgIpc) is 2.43. The van der Waals surface area contributed by atoms with Crippen LogP contribution in [0.4, 0.5) is 0 Å². The maximum absolute atomic E-state index is 9.77. The lowest BCUT2D eigenvalue weighted by molar-refractivity contribution is 0.173. The van der Waals surface area contributed by atoms with Crippen molar-refractivity contribution in [3.63, 3.8) is 0 Å². The molecule has 0 fully saturated rings. The minimum Gasteiger partial charge on any atom is -0.388 e. The van der Waals surface area contributed by atoms with Gasteiger partial charge in [-0.25, -0.2) is 0 Å². The molecule has 2 rings (SSSR count). The van der Waals surface area contributed by atoms with Crippen LogP contribution >= 0.6 is 11.8 Å². The number of aryl methyl sites for hydroxylation is 2. The van der Waals surface area contributed by atoms with Crippen LogP contribution in [-0.4, -0.2) is 5.11 Å². The second-order valence-electron chi connectivity index (χ2n) is 4.84. The van der Waals surface area contributed by atoms with Crippen LogP contribution in [0.1, 0.15) is 36.1 Å². The van der Waals surface area contributed by atoms with E-state index < -0.39 is 0 Å². The van der Waals surface area contributed by atoms with E-state index in [0.29, 0.717) is 0 Å². The molecule has 0 amide bonds. The molecule has 1 N–H and O–H groups in total. The first-order valence-electron chi connectivity index (χ1n) is 6.63. The molecule has 0 unspecified atom stereocenters. The third-order valence-electron chi connectivity index (χ3n) is 3.37. The van der Waals surface area contributed by atoms with Crippen LogP contribution < -0.4 is 0 Å². The largest absolute Gasteiger partial charge is 0.388 e. The van der Waals surface area contributed by atoms with Gasteiger partial charge >= 0.3 is 0 Å². The molecule has 2 aromatic rings. The van der Waals surface area contributed by atoms with E-state index in [4.69, 9.17) is 0 Å². The summed E-state index contributed by atoms with van der Waals surface area (Å²) in [4.78, 5) is 2.46. The van der Waals surface area contributed by atoms with Gasteiger partial charge in [0.05, 0.1) is 6.10 Å². The van der Waals surface area contributed by atoms with Crippen LogP contribution in [0.15, 0.2) is 52.3 Å². The molecule has 1 nitrogen and oxygen atoms in total. The molecule has 0 bridgehead atoms. The second kappa shape index (κ2) is 6.27. The average molecular weight is 272 g/mol. The highest BCUT2D eigenvalue weighted by atomic mass is 32.2. The number of aliphatic hydroxyl groups is 1. The van der Waals surface area contributed by atoms with E-state index in [2.05, 4.69) is 44.2 Å². The zero-order valence-corrected chi connectivity index (χ0v) is 12.5. The number of rotatable bonds is 4. The minimum absolute atomic E-state index is 0.347. The fraction of sp³-hybridized carbons (Fsp3) is 0.294. The Labute approximate surface area is 119 Å². The summed E-state index contributed by atoms with van der Waals surface area (Å²) < 4.78 is 0. The Kier molecular flexibility index (Phi) is 4.67. The Morgan fingerprint density at radius 2 is 1.58 bits per heavy atom. The maximum atomic E-state index is 9.77. The van der Waals surface area contributed by atoms with Crippen LogP contribution in [0.3, 0.4) is 0 Å². The SMILES string of the molecule is CC[C@@H](O)c1ccc(Sc2ccc(C)c(C)c2)cc1. The van der Waals surface area contributed by atoms with Gasteiger partial charge in [-0.2, -0.15) is 0 Å². The highest BCUT2D eigenvalue weighted by Crippen LogP contribution is 2.30. The zero-order chi connectivity index (χ0) is 13.8. The highest BCUT2D eigenvalue weighted by Gasteiger charge is 2.05. The quantitative estimate of drug-likeness (QED) is 0.854. The smallest absolute Gasteiger partial charge is 0.0787 e. The summed E-state index contributed by atoms with van der Waals surface area (Å²) in [5, 5.41) is 9.77. The maximum Gasteiger partial charge on any atom is 0.0787 e. The van der Waals surface area contributed by atoms with Crippen molar-refractivity contribution in [3.05, 3.63) is 59.2 Å². The first-order valence-corrected chi connectivity index (χ1v) is 7.45. The van der Waals surface area contributed by atoms with Crippen LogP contribution in [0.2, 0.25) is 0 Å². The molecule has 19 heavy (non-hydrogen) atoms. The molecule has 0 heterocycles. The van der Waals surface area contributed by atoms with Crippen molar-refractivity contribution in [2.45, 2.75) is 43.1 Å². The standard InChI is InChI=1S/C17H20OS/c1-4-17(18)14-6-9-15(10-7-14)19-16-8-5-12(2)13(3)11-16/h5-11,17-18H,4H2,1-3H3/t17-/m1/s1. The molecule has 0 aliphatic carbocycles. The fourth-order valence-corrected chi connectivity index (χ4v) is 2.82. The lowest BCUT2D eigenvalue weighted by Crippen LogP contribution is -1.94. The Bertz CT molecular complexity index is 546. The Balaban J connectivity index is 2.12. The Morgan fingerprint density at radius 3 is 2.16 bits per heavy atom. The molecule has 0 radical (unpaired) electrons. The highest BCUT2D eigenvalue weighted by molar-refractivity contribution is 7.99. The van der Waals surface area contributed by atoms with E-state index in [0.717, 1.165) is 12.0 Å². The van der Waals surface area contributed by atoms with E-state index in [1.807, 2.05) is 19.1 Å². The molecule has 0 aromatic heterocycles. The van der Waals surface area contributed by atoms with Gasteiger partial charge in [-0.05, 0) is 61.2 Å². The number of aliphatic hydroxyl groups excluding tert-OH is 1. The molecule has 1 atom stereocenters. The van der Waals surface area contributed by atoms with E-state index in [1.165, 1.54) is 20.9 Å². The van der Waals surface area contributed by atoms with Gasteiger partial charge in [0.2, 0.25) is 0 Å². The summed E-state index contributed by atoms with van der Waals surface area (Å²) in [5.41, 5.74) is 3.64. The Hall–Kier alpha value is -1.25. The van der Waals surface area contributed by atoms with Crippen molar-refractivity contribution in [1.82, 2.24) is 0 Å². The van der Waals surface area contributed by atoms with Crippen molar-refractivity contribution in [2.24, 2.45) is 0 Å². The second-order valence-corrected chi connectivity index (χ2v) is 5.99. The summed E-state index contributed by atoms with van der Waals surface area (Å²) in [6, 6.07) is 14.7. The van der Waals surface area contributed by atoms with E-state index >= 15 is 0 Å². The van der Waals surface area contributed by atoms with Gasteiger partial charge in [-0.1, -0.05) is 36.9 Å². The lowest BCUT2D eigenvalue weighted by atomic mass is 10.1. The fourth-order valence-electron chi connectivity index (χ4n) is 1.91. The van der Waals surface area contributed by atoms with Crippen molar-refractivity contribution in [1.29, 1.82) is 0 Å². The van der Waals surface area contributed by atoms with Crippen molar-refractivity contribution in [3.8, 4) is 0 Å². The molecule has 0 spiro atoms. The van der Waals surface area contributed by atoms with Crippen LogP contribution in [-0.2, 0) is 0 Å². The van der Waals surface area contributed by atoms with Crippen molar-refractivity contribution >= 4 is 11.8 Å². The number of hydrogen-bond donors (Lipinski definition) is 1. The molecule has 0 aliphatic rings. The van der Waals surface area contributed by atoms with Crippen LogP contribution in [0, 0.1) is 13.8 Å². The molecular weight excluding hydrogens is 252 g/mol. The minimum atomic E-state index is -0.347. The van der Waals surface area contributed by atoms with E-state index in [-0.39, 0.29) is 6.10 Å². The van der Waals surface area contributed by atoms with Crippen molar-refractivity contribution < 1.29 is 5.11 Å². The summed E-state index contributed by atoms with van der Waals surface area (Å²) in [7, 11) is 0. The third-order valence-corrected chi connectivity index (χ3v) is 4.36. The summed E-state index contributed by atoms with van der Waals surface area (Å²) in [5.74, 6) is 0.